The van der Waals surface area contributed by atoms with Crippen LogP contribution in [0, 0.1) is 23.7 Å². The first-order chi connectivity index (χ1) is 13.5. The number of nitriles is 1. The van der Waals surface area contributed by atoms with Gasteiger partial charge in [0.05, 0.1) is 0 Å². The van der Waals surface area contributed by atoms with Gasteiger partial charge in [-0.1, -0.05) is 46.8 Å². The number of nitrogen functional groups attached to an aromatic ring is 1. The Hall–Kier alpha value is -3.06. The first-order valence-electron chi connectivity index (χ1n) is 9.88. The average molecular weight is 388 g/mol. The predicted octanol–water partition coefficient (Wildman–Crippen LogP) is 6.50. The fourth-order valence-corrected chi connectivity index (χ4v) is 4.05. The first-order valence-corrected chi connectivity index (χ1v) is 9.88. The van der Waals surface area contributed by atoms with Crippen molar-refractivity contribution in [3.63, 3.8) is 0 Å². The van der Waals surface area contributed by atoms with Gasteiger partial charge in [-0.3, -0.25) is 0 Å². The highest BCUT2D eigenvalue weighted by Gasteiger charge is 2.28. The summed E-state index contributed by atoms with van der Waals surface area (Å²) in [6.45, 7) is 13.2. The van der Waals surface area contributed by atoms with E-state index < -0.39 is 0 Å². The Balaban J connectivity index is 2.01. The smallest absolute Gasteiger partial charge is 0.238 e. The van der Waals surface area contributed by atoms with Crippen LogP contribution in [0.5, 0.6) is 0 Å². The number of rotatable bonds is 4. The molecule has 0 saturated carbocycles. The predicted molar refractivity (Wildman–Crippen MR) is 120 cm³/mol. The van der Waals surface area contributed by atoms with Crippen molar-refractivity contribution >= 4 is 28.4 Å². The minimum absolute atomic E-state index is 0.0144. The molecule has 4 nitrogen and oxygen atoms in total. The molecule has 0 fully saturated rings. The standard InChI is InChI=1S/C25H29N3O/c1-16-11-20(27)9-7-17(16)12-18(14-26)23-28-21-13-19(8-10-22(21)29-23)25(5,6)15-24(2,3)4/h7-13H,15,27H2,1-6H3/b18-12+. The second kappa shape index (κ2) is 7.40. The molecule has 0 atom stereocenters. The minimum atomic E-state index is 0.0144. The van der Waals surface area contributed by atoms with E-state index in [4.69, 9.17) is 10.2 Å². The molecule has 150 valence electrons. The molecule has 29 heavy (non-hydrogen) atoms. The molecule has 0 aliphatic carbocycles. The maximum absolute atomic E-state index is 9.68. The van der Waals surface area contributed by atoms with Crippen molar-refractivity contribution in [2.75, 3.05) is 5.73 Å². The minimum Gasteiger partial charge on any atom is -0.435 e. The van der Waals surface area contributed by atoms with E-state index in [1.807, 2.05) is 31.2 Å². The molecule has 0 unspecified atom stereocenters. The third-order valence-corrected chi connectivity index (χ3v) is 5.09. The van der Waals surface area contributed by atoms with Crippen LogP contribution in [0.15, 0.2) is 40.8 Å². The van der Waals surface area contributed by atoms with Crippen LogP contribution in [0.3, 0.4) is 0 Å². The van der Waals surface area contributed by atoms with Gasteiger partial charge in [-0.25, -0.2) is 4.98 Å². The SMILES string of the molecule is Cc1cc(N)ccc1/C=C(\C#N)c1nc2cc(C(C)(C)CC(C)(C)C)ccc2o1. The van der Waals surface area contributed by atoms with Crippen molar-refractivity contribution < 1.29 is 4.42 Å². The van der Waals surface area contributed by atoms with E-state index in [1.54, 1.807) is 6.08 Å². The number of aromatic nitrogens is 1. The normalized spacial score (nSPS) is 12.9. The van der Waals surface area contributed by atoms with Crippen LogP contribution < -0.4 is 5.73 Å². The topological polar surface area (TPSA) is 75.8 Å². The Labute approximate surface area is 173 Å². The Morgan fingerprint density at radius 2 is 1.86 bits per heavy atom. The van der Waals surface area contributed by atoms with Crippen LogP contribution in [0.4, 0.5) is 5.69 Å². The van der Waals surface area contributed by atoms with E-state index >= 15 is 0 Å². The fourth-order valence-electron chi connectivity index (χ4n) is 4.05. The van der Waals surface area contributed by atoms with Crippen LogP contribution in [-0.4, -0.2) is 4.98 Å². The lowest BCUT2D eigenvalue weighted by molar-refractivity contribution is 0.284. The molecule has 1 heterocycles. The molecule has 4 heteroatoms. The molecular formula is C25H29N3O. The van der Waals surface area contributed by atoms with Gasteiger partial charge >= 0.3 is 0 Å². The third kappa shape index (κ3) is 4.68. The van der Waals surface area contributed by atoms with Gasteiger partial charge in [0, 0.05) is 5.69 Å². The zero-order valence-electron chi connectivity index (χ0n) is 18.1. The van der Waals surface area contributed by atoms with E-state index in [2.05, 4.69) is 57.8 Å². The van der Waals surface area contributed by atoms with Gasteiger partial charge in [-0.15, -0.1) is 0 Å². The van der Waals surface area contributed by atoms with E-state index in [9.17, 15) is 5.26 Å². The van der Waals surface area contributed by atoms with Gasteiger partial charge in [-0.05, 0) is 71.2 Å². The quantitative estimate of drug-likeness (QED) is 0.410. The zero-order valence-corrected chi connectivity index (χ0v) is 18.1. The van der Waals surface area contributed by atoms with Crippen LogP contribution in [0.2, 0.25) is 0 Å². The fraction of sp³-hybridized carbons (Fsp3) is 0.360. The van der Waals surface area contributed by atoms with Crippen molar-refractivity contribution in [2.45, 2.75) is 53.4 Å². The number of hydrogen-bond acceptors (Lipinski definition) is 4. The monoisotopic (exact) mass is 387 g/mol. The maximum Gasteiger partial charge on any atom is 0.238 e. The molecule has 0 bridgehead atoms. The highest BCUT2D eigenvalue weighted by atomic mass is 16.3. The van der Waals surface area contributed by atoms with Crippen molar-refractivity contribution in [3.05, 3.63) is 59.0 Å². The van der Waals surface area contributed by atoms with Gasteiger partial charge in [0.25, 0.3) is 0 Å². The molecule has 0 saturated heterocycles. The number of fused-ring (bicyclic) bond motifs is 1. The van der Waals surface area contributed by atoms with E-state index in [-0.39, 0.29) is 10.8 Å². The van der Waals surface area contributed by atoms with Crippen molar-refractivity contribution in [3.8, 4) is 6.07 Å². The van der Waals surface area contributed by atoms with Crippen molar-refractivity contribution in [1.82, 2.24) is 4.98 Å². The summed E-state index contributed by atoms with van der Waals surface area (Å²) in [6.07, 6.45) is 2.85. The van der Waals surface area contributed by atoms with Gasteiger partial charge in [0.1, 0.15) is 17.2 Å². The summed E-state index contributed by atoms with van der Waals surface area (Å²) in [6, 6.07) is 14.0. The molecule has 0 radical (unpaired) electrons. The summed E-state index contributed by atoms with van der Waals surface area (Å²) in [4.78, 5) is 4.62. The summed E-state index contributed by atoms with van der Waals surface area (Å²) in [5.41, 5.74) is 11.8. The van der Waals surface area contributed by atoms with Gasteiger partial charge in [-0.2, -0.15) is 5.26 Å². The number of allylic oxidation sites excluding steroid dienone is 1. The molecule has 2 aromatic carbocycles. The second-order valence-electron chi connectivity index (χ2n) is 9.61. The maximum atomic E-state index is 9.68. The van der Waals surface area contributed by atoms with Crippen LogP contribution in [-0.2, 0) is 5.41 Å². The molecular weight excluding hydrogens is 358 g/mol. The molecule has 2 N–H and O–H groups in total. The van der Waals surface area contributed by atoms with Crippen LogP contribution in [0.1, 0.15) is 63.6 Å². The van der Waals surface area contributed by atoms with Gasteiger partial charge in [0.15, 0.2) is 5.58 Å². The summed E-state index contributed by atoms with van der Waals surface area (Å²) in [5.74, 6) is 0.338. The molecule has 0 aliphatic heterocycles. The molecule has 0 amide bonds. The Morgan fingerprint density at radius 3 is 2.48 bits per heavy atom. The molecule has 0 spiro atoms. The summed E-state index contributed by atoms with van der Waals surface area (Å²) in [7, 11) is 0. The lowest BCUT2D eigenvalue weighted by Crippen LogP contribution is -2.24. The summed E-state index contributed by atoms with van der Waals surface area (Å²) in [5, 5.41) is 9.68. The van der Waals surface area contributed by atoms with E-state index in [0.29, 0.717) is 22.7 Å². The number of nitrogens with zero attached hydrogens (tertiary/aromatic N) is 2. The lowest BCUT2D eigenvalue weighted by Gasteiger charge is -2.32. The highest BCUT2D eigenvalue weighted by Crippen LogP contribution is 2.37. The number of benzene rings is 2. The zero-order chi connectivity index (χ0) is 21.4. The third-order valence-electron chi connectivity index (χ3n) is 5.09. The number of nitrogens with two attached hydrogens (primary N) is 1. The summed E-state index contributed by atoms with van der Waals surface area (Å²) < 4.78 is 5.90. The largest absolute Gasteiger partial charge is 0.435 e. The lowest BCUT2D eigenvalue weighted by atomic mass is 9.72. The number of anilines is 1. The summed E-state index contributed by atoms with van der Waals surface area (Å²) >= 11 is 0. The van der Waals surface area contributed by atoms with Crippen molar-refractivity contribution in [1.29, 1.82) is 5.26 Å². The number of aryl methyl sites for hydroxylation is 1. The van der Waals surface area contributed by atoms with E-state index in [0.717, 1.165) is 23.1 Å². The molecule has 1 aromatic heterocycles. The highest BCUT2D eigenvalue weighted by molar-refractivity contribution is 5.89. The second-order valence-corrected chi connectivity index (χ2v) is 9.61. The Morgan fingerprint density at radius 1 is 1.14 bits per heavy atom. The van der Waals surface area contributed by atoms with Crippen molar-refractivity contribution in [2.24, 2.45) is 5.41 Å². The van der Waals surface area contributed by atoms with Crippen LogP contribution in [0.25, 0.3) is 22.7 Å². The molecule has 3 rings (SSSR count). The average Bonchev–Trinajstić information content (AvgIpc) is 3.02. The first kappa shape index (κ1) is 20.7. The van der Waals surface area contributed by atoms with Gasteiger partial charge in [0.2, 0.25) is 5.89 Å². The van der Waals surface area contributed by atoms with E-state index in [1.165, 1.54) is 5.56 Å². The number of hydrogen-bond donors (Lipinski definition) is 1. The Bertz CT molecular complexity index is 1120. The molecule has 0 aliphatic rings. The van der Waals surface area contributed by atoms with Crippen LogP contribution >= 0.6 is 0 Å². The molecule has 3 aromatic rings. The van der Waals surface area contributed by atoms with Gasteiger partial charge < -0.3 is 10.2 Å². The number of oxazole rings is 1. The Kier molecular flexibility index (Phi) is 5.28.